The number of benzene rings is 1. The summed E-state index contributed by atoms with van der Waals surface area (Å²) in [5.41, 5.74) is 2.28. The average Bonchev–Trinajstić information content (AvgIpc) is 2.92. The fourth-order valence-corrected chi connectivity index (χ4v) is 3.33. The third kappa shape index (κ3) is 4.10. The van der Waals surface area contributed by atoms with Crippen LogP contribution in [-0.2, 0) is 11.3 Å². The molecule has 1 aromatic heterocycles. The molecular weight excluding hydrogens is 288 g/mol. The lowest BCUT2D eigenvalue weighted by atomic mass is 9.96. The van der Waals surface area contributed by atoms with Crippen molar-refractivity contribution in [1.29, 1.82) is 0 Å². The smallest absolute Gasteiger partial charge is 0.234 e. The zero-order valence-electron chi connectivity index (χ0n) is 14.0. The number of imidazole rings is 1. The summed E-state index contributed by atoms with van der Waals surface area (Å²) in [5.74, 6) is 0.802. The van der Waals surface area contributed by atoms with E-state index in [0.29, 0.717) is 12.5 Å². The number of para-hydroxylation sites is 2. The molecule has 0 bridgehead atoms. The van der Waals surface area contributed by atoms with Gasteiger partial charge in [-0.05, 0) is 57.8 Å². The Morgan fingerprint density at radius 2 is 2.04 bits per heavy atom. The number of aromatic nitrogens is 2. The number of rotatable bonds is 5. The second kappa shape index (κ2) is 7.13. The molecule has 3 rings (SSSR count). The van der Waals surface area contributed by atoms with Crippen LogP contribution in [0, 0.1) is 5.92 Å². The molecule has 23 heavy (non-hydrogen) atoms. The Kier molecular flexibility index (Phi) is 4.96. The van der Waals surface area contributed by atoms with Gasteiger partial charge in [0.15, 0.2) is 0 Å². The first kappa shape index (κ1) is 16.0. The quantitative estimate of drug-likeness (QED) is 0.921. The van der Waals surface area contributed by atoms with Gasteiger partial charge in [0.05, 0.1) is 23.9 Å². The largest absolute Gasteiger partial charge is 0.353 e. The molecule has 1 fully saturated rings. The fraction of sp³-hybridized carbons (Fsp3) is 0.556. The molecule has 0 aliphatic carbocycles. The Balaban J connectivity index is 1.50. The van der Waals surface area contributed by atoms with Crippen LogP contribution in [0.5, 0.6) is 0 Å². The maximum Gasteiger partial charge on any atom is 0.234 e. The van der Waals surface area contributed by atoms with E-state index in [2.05, 4.69) is 38.0 Å². The number of carbonyl (C=O) groups excluding carboxylic acids is 1. The van der Waals surface area contributed by atoms with Gasteiger partial charge in [-0.2, -0.15) is 0 Å². The Morgan fingerprint density at radius 1 is 1.30 bits per heavy atom. The zero-order chi connectivity index (χ0) is 16.2. The second-order valence-corrected chi connectivity index (χ2v) is 6.83. The predicted molar refractivity (Wildman–Crippen MR) is 92.2 cm³/mol. The van der Waals surface area contributed by atoms with Gasteiger partial charge in [0.25, 0.3) is 0 Å². The van der Waals surface area contributed by atoms with E-state index in [1.807, 2.05) is 26.2 Å². The molecule has 1 N–H and O–H groups in total. The van der Waals surface area contributed by atoms with Crippen molar-refractivity contribution in [2.24, 2.45) is 5.92 Å². The van der Waals surface area contributed by atoms with Gasteiger partial charge in [0, 0.05) is 12.6 Å². The van der Waals surface area contributed by atoms with Crippen molar-refractivity contribution in [2.45, 2.75) is 39.3 Å². The van der Waals surface area contributed by atoms with Crippen molar-refractivity contribution in [3.8, 4) is 0 Å². The maximum absolute atomic E-state index is 11.8. The minimum absolute atomic E-state index is 0.138. The monoisotopic (exact) mass is 314 g/mol. The lowest BCUT2D eigenvalue weighted by Gasteiger charge is -2.31. The number of piperidine rings is 1. The van der Waals surface area contributed by atoms with E-state index in [0.717, 1.165) is 38.0 Å². The summed E-state index contributed by atoms with van der Waals surface area (Å²) in [6.07, 6.45) is 4.23. The predicted octanol–water partition coefficient (Wildman–Crippen LogP) is 2.27. The van der Waals surface area contributed by atoms with E-state index in [9.17, 15) is 4.79 Å². The minimum Gasteiger partial charge on any atom is -0.353 e. The molecule has 1 aliphatic rings. The van der Waals surface area contributed by atoms with E-state index in [1.165, 1.54) is 5.52 Å². The standard InChI is InChI=1S/C18H26N4O/c1-14(2)20-18(23)12-21-9-7-15(8-10-21)11-22-13-19-16-5-3-4-6-17(16)22/h3-6,13-15H,7-12H2,1-2H3,(H,20,23). The van der Waals surface area contributed by atoms with Crippen molar-refractivity contribution in [2.75, 3.05) is 19.6 Å². The molecule has 0 spiro atoms. The van der Waals surface area contributed by atoms with Gasteiger partial charge >= 0.3 is 0 Å². The van der Waals surface area contributed by atoms with Crippen molar-refractivity contribution in [3.05, 3.63) is 30.6 Å². The zero-order valence-corrected chi connectivity index (χ0v) is 14.0. The Labute approximate surface area is 137 Å². The topological polar surface area (TPSA) is 50.2 Å². The molecule has 124 valence electrons. The highest BCUT2D eigenvalue weighted by molar-refractivity contribution is 5.78. The first-order valence-corrected chi connectivity index (χ1v) is 8.53. The summed E-state index contributed by atoms with van der Waals surface area (Å²) < 4.78 is 2.27. The number of likely N-dealkylation sites (tertiary alicyclic amines) is 1. The normalized spacial score (nSPS) is 17.0. The molecule has 2 aromatic rings. The van der Waals surface area contributed by atoms with Crippen LogP contribution in [0.2, 0.25) is 0 Å². The summed E-state index contributed by atoms with van der Waals surface area (Å²) in [6.45, 7) is 7.55. The van der Waals surface area contributed by atoms with Gasteiger partial charge in [0.1, 0.15) is 0 Å². The Bertz CT molecular complexity index is 656. The van der Waals surface area contributed by atoms with Crippen LogP contribution in [-0.4, -0.2) is 46.0 Å². The van der Waals surface area contributed by atoms with E-state index in [-0.39, 0.29) is 11.9 Å². The molecule has 2 heterocycles. The SMILES string of the molecule is CC(C)NC(=O)CN1CCC(Cn2cnc3ccccc32)CC1. The summed E-state index contributed by atoms with van der Waals surface area (Å²) >= 11 is 0. The Hall–Kier alpha value is -1.88. The molecule has 0 radical (unpaired) electrons. The number of nitrogens with zero attached hydrogens (tertiary/aromatic N) is 3. The molecule has 0 saturated carbocycles. The molecule has 0 unspecified atom stereocenters. The van der Waals surface area contributed by atoms with Gasteiger partial charge in [-0.25, -0.2) is 4.98 Å². The summed E-state index contributed by atoms with van der Waals surface area (Å²) in [5, 5.41) is 2.96. The minimum atomic E-state index is 0.138. The third-order valence-electron chi connectivity index (χ3n) is 4.51. The first-order valence-electron chi connectivity index (χ1n) is 8.53. The van der Waals surface area contributed by atoms with Crippen molar-refractivity contribution in [3.63, 3.8) is 0 Å². The van der Waals surface area contributed by atoms with Crippen LogP contribution in [0.4, 0.5) is 0 Å². The summed E-state index contributed by atoms with van der Waals surface area (Å²) in [4.78, 5) is 18.6. The van der Waals surface area contributed by atoms with Crippen LogP contribution < -0.4 is 5.32 Å². The van der Waals surface area contributed by atoms with E-state index in [4.69, 9.17) is 0 Å². The fourth-order valence-electron chi connectivity index (χ4n) is 3.33. The third-order valence-corrected chi connectivity index (χ3v) is 4.51. The van der Waals surface area contributed by atoms with Gasteiger partial charge in [0.2, 0.25) is 5.91 Å². The molecule has 5 nitrogen and oxygen atoms in total. The van der Waals surface area contributed by atoms with Crippen molar-refractivity contribution >= 4 is 16.9 Å². The van der Waals surface area contributed by atoms with Gasteiger partial charge in [-0.1, -0.05) is 12.1 Å². The van der Waals surface area contributed by atoms with E-state index in [1.54, 1.807) is 0 Å². The van der Waals surface area contributed by atoms with Gasteiger partial charge in [-0.3, -0.25) is 9.69 Å². The van der Waals surface area contributed by atoms with Crippen LogP contribution in [0.3, 0.4) is 0 Å². The number of amides is 1. The molecule has 1 amide bonds. The molecule has 1 aliphatic heterocycles. The highest BCUT2D eigenvalue weighted by Gasteiger charge is 2.21. The van der Waals surface area contributed by atoms with Crippen molar-refractivity contribution in [1.82, 2.24) is 19.8 Å². The molecular formula is C18H26N4O. The van der Waals surface area contributed by atoms with Gasteiger partial charge in [-0.15, -0.1) is 0 Å². The lowest BCUT2D eigenvalue weighted by molar-refractivity contribution is -0.123. The summed E-state index contributed by atoms with van der Waals surface area (Å²) in [7, 11) is 0. The second-order valence-electron chi connectivity index (χ2n) is 6.83. The Morgan fingerprint density at radius 3 is 2.78 bits per heavy atom. The lowest BCUT2D eigenvalue weighted by Crippen LogP contribution is -2.43. The van der Waals surface area contributed by atoms with E-state index < -0.39 is 0 Å². The number of nitrogens with one attached hydrogen (secondary N) is 1. The van der Waals surface area contributed by atoms with Crippen LogP contribution >= 0.6 is 0 Å². The van der Waals surface area contributed by atoms with E-state index >= 15 is 0 Å². The molecule has 0 atom stereocenters. The van der Waals surface area contributed by atoms with Crippen LogP contribution in [0.25, 0.3) is 11.0 Å². The molecule has 5 heteroatoms. The van der Waals surface area contributed by atoms with Gasteiger partial charge < -0.3 is 9.88 Å². The average molecular weight is 314 g/mol. The number of fused-ring (bicyclic) bond motifs is 1. The maximum atomic E-state index is 11.8. The van der Waals surface area contributed by atoms with Crippen LogP contribution in [0.1, 0.15) is 26.7 Å². The number of hydrogen-bond acceptors (Lipinski definition) is 3. The van der Waals surface area contributed by atoms with Crippen molar-refractivity contribution < 1.29 is 4.79 Å². The summed E-state index contributed by atoms with van der Waals surface area (Å²) in [6, 6.07) is 8.50. The molecule has 1 aromatic carbocycles. The van der Waals surface area contributed by atoms with Crippen LogP contribution in [0.15, 0.2) is 30.6 Å². The highest BCUT2D eigenvalue weighted by Crippen LogP contribution is 2.21. The number of hydrogen-bond donors (Lipinski definition) is 1. The highest BCUT2D eigenvalue weighted by atomic mass is 16.2. The number of carbonyl (C=O) groups is 1. The molecule has 1 saturated heterocycles. The first-order chi connectivity index (χ1) is 11.1.